The highest BCUT2D eigenvalue weighted by atomic mass is 79.9. The van der Waals surface area contributed by atoms with Crippen LogP contribution in [0.5, 0.6) is 5.75 Å². The quantitative estimate of drug-likeness (QED) is 0.811. The molecule has 1 aliphatic rings. The second-order valence-electron chi connectivity index (χ2n) is 3.00. The minimum atomic E-state index is -1.03. The molecule has 2 N–H and O–H groups in total. The third kappa shape index (κ3) is 1.68. The average Bonchev–Trinajstić information content (AvgIpc) is 2.47. The van der Waals surface area contributed by atoms with Crippen molar-refractivity contribution >= 4 is 22.0 Å². The largest absolute Gasteiger partial charge is 0.491 e. The van der Waals surface area contributed by atoms with E-state index in [0.717, 1.165) is 15.8 Å². The first kappa shape index (κ1) is 9.33. The van der Waals surface area contributed by atoms with E-state index in [2.05, 4.69) is 21.2 Å². The predicted molar refractivity (Wildman–Crippen MR) is 53.5 cm³/mol. The van der Waals surface area contributed by atoms with Gasteiger partial charge in [0.15, 0.2) is 0 Å². The minimum absolute atomic E-state index is 0.254. The molecule has 0 spiro atoms. The maximum absolute atomic E-state index is 10.5. The molecule has 0 saturated carbocycles. The van der Waals surface area contributed by atoms with Crippen LogP contribution in [0.15, 0.2) is 22.7 Å². The van der Waals surface area contributed by atoms with Crippen LogP contribution in [0.4, 0.5) is 4.79 Å². The van der Waals surface area contributed by atoms with Crippen molar-refractivity contribution in [2.24, 2.45) is 0 Å². The summed E-state index contributed by atoms with van der Waals surface area (Å²) in [6.07, 6.45) is -1.03. The number of rotatable bonds is 1. The van der Waals surface area contributed by atoms with E-state index in [-0.39, 0.29) is 6.04 Å². The summed E-state index contributed by atoms with van der Waals surface area (Å²) in [6.45, 7) is 0.359. The highest BCUT2D eigenvalue weighted by Gasteiger charge is 2.25. The van der Waals surface area contributed by atoms with Gasteiger partial charge in [-0.1, -0.05) is 22.0 Å². The minimum Gasteiger partial charge on any atom is -0.491 e. The Morgan fingerprint density at radius 2 is 2.43 bits per heavy atom. The normalized spacial score (nSPS) is 18.5. The first-order valence-electron chi connectivity index (χ1n) is 4.08. The first-order valence-corrected chi connectivity index (χ1v) is 4.88. The van der Waals surface area contributed by atoms with E-state index in [4.69, 9.17) is 9.84 Å². The smallest absolute Gasteiger partial charge is 0.405 e. The molecule has 0 fully saturated rings. The van der Waals surface area contributed by atoms with Crippen molar-refractivity contribution in [2.75, 3.05) is 6.61 Å². The van der Waals surface area contributed by atoms with Crippen LogP contribution in [-0.4, -0.2) is 17.8 Å². The van der Waals surface area contributed by atoms with E-state index in [0.29, 0.717) is 6.61 Å². The number of amides is 1. The molecule has 0 saturated heterocycles. The van der Waals surface area contributed by atoms with Gasteiger partial charge in [-0.3, -0.25) is 0 Å². The highest BCUT2D eigenvalue weighted by molar-refractivity contribution is 9.10. The predicted octanol–water partition coefficient (Wildman–Crippen LogP) is 2.15. The summed E-state index contributed by atoms with van der Waals surface area (Å²) < 4.78 is 6.26. The van der Waals surface area contributed by atoms with Gasteiger partial charge in [0.05, 0.1) is 6.04 Å². The van der Waals surface area contributed by atoms with Gasteiger partial charge in [0.25, 0.3) is 0 Å². The zero-order valence-corrected chi connectivity index (χ0v) is 8.74. The number of hydrogen-bond acceptors (Lipinski definition) is 2. The SMILES string of the molecule is O=C(O)NC1COc2cc(Br)ccc21. The summed E-state index contributed by atoms with van der Waals surface area (Å²) in [4.78, 5) is 10.5. The summed E-state index contributed by atoms with van der Waals surface area (Å²) in [5.41, 5.74) is 0.885. The lowest BCUT2D eigenvalue weighted by atomic mass is 10.1. The van der Waals surface area contributed by atoms with E-state index < -0.39 is 6.09 Å². The molecule has 5 heteroatoms. The van der Waals surface area contributed by atoms with Crippen LogP contribution in [0.1, 0.15) is 11.6 Å². The van der Waals surface area contributed by atoms with Gasteiger partial charge in [0.1, 0.15) is 12.4 Å². The van der Waals surface area contributed by atoms with Gasteiger partial charge in [-0.05, 0) is 12.1 Å². The van der Waals surface area contributed by atoms with Gasteiger partial charge < -0.3 is 15.2 Å². The van der Waals surface area contributed by atoms with E-state index >= 15 is 0 Å². The van der Waals surface area contributed by atoms with E-state index in [9.17, 15) is 4.79 Å². The molecule has 0 aromatic heterocycles. The topological polar surface area (TPSA) is 58.6 Å². The molecule has 0 aliphatic carbocycles. The highest BCUT2D eigenvalue weighted by Crippen LogP contribution is 2.34. The molecular formula is C9H8BrNO3. The van der Waals surface area contributed by atoms with Crippen LogP contribution in [-0.2, 0) is 0 Å². The van der Waals surface area contributed by atoms with Crippen LogP contribution < -0.4 is 10.1 Å². The van der Waals surface area contributed by atoms with Crippen molar-refractivity contribution in [1.29, 1.82) is 0 Å². The summed E-state index contributed by atoms with van der Waals surface area (Å²) >= 11 is 3.32. The number of halogens is 1. The third-order valence-corrected chi connectivity index (χ3v) is 2.55. The second-order valence-corrected chi connectivity index (χ2v) is 3.91. The van der Waals surface area contributed by atoms with Crippen LogP contribution >= 0.6 is 15.9 Å². The Morgan fingerprint density at radius 3 is 3.14 bits per heavy atom. The molecule has 2 rings (SSSR count). The lowest BCUT2D eigenvalue weighted by molar-refractivity contribution is 0.186. The molecule has 1 aromatic rings. The van der Waals surface area contributed by atoms with Crippen molar-refractivity contribution in [3.05, 3.63) is 28.2 Å². The maximum Gasteiger partial charge on any atom is 0.405 e. The zero-order valence-electron chi connectivity index (χ0n) is 7.16. The van der Waals surface area contributed by atoms with Gasteiger partial charge in [0.2, 0.25) is 0 Å². The van der Waals surface area contributed by atoms with Gasteiger partial charge in [0, 0.05) is 10.0 Å². The Morgan fingerprint density at radius 1 is 1.64 bits per heavy atom. The van der Waals surface area contributed by atoms with E-state index in [1.165, 1.54) is 0 Å². The molecule has 0 bridgehead atoms. The molecule has 1 atom stereocenters. The molecular weight excluding hydrogens is 250 g/mol. The van der Waals surface area contributed by atoms with E-state index in [1.807, 2.05) is 18.2 Å². The monoisotopic (exact) mass is 257 g/mol. The van der Waals surface area contributed by atoms with Crippen LogP contribution in [0.2, 0.25) is 0 Å². The number of carboxylic acid groups (broad SMARTS) is 1. The lowest BCUT2D eigenvalue weighted by Crippen LogP contribution is -2.27. The number of nitrogens with one attached hydrogen (secondary N) is 1. The molecule has 14 heavy (non-hydrogen) atoms. The lowest BCUT2D eigenvalue weighted by Gasteiger charge is -2.07. The summed E-state index contributed by atoms with van der Waals surface area (Å²) in [7, 11) is 0. The molecule has 1 heterocycles. The maximum atomic E-state index is 10.5. The zero-order chi connectivity index (χ0) is 10.1. The van der Waals surface area contributed by atoms with Crippen LogP contribution in [0.25, 0.3) is 0 Å². The molecule has 0 radical (unpaired) electrons. The van der Waals surface area contributed by atoms with Crippen LogP contribution in [0.3, 0.4) is 0 Å². The standard InChI is InChI=1S/C9H8BrNO3/c10-5-1-2-6-7(11-9(12)13)4-14-8(6)3-5/h1-3,7,11H,4H2,(H,12,13). The molecule has 1 aromatic carbocycles. The first-order chi connectivity index (χ1) is 6.66. The average molecular weight is 258 g/mol. The number of fused-ring (bicyclic) bond motifs is 1. The number of hydrogen-bond donors (Lipinski definition) is 2. The number of ether oxygens (including phenoxy) is 1. The molecule has 74 valence electrons. The van der Waals surface area contributed by atoms with Gasteiger partial charge in [-0.15, -0.1) is 0 Å². The van der Waals surface area contributed by atoms with Crippen molar-refractivity contribution in [1.82, 2.24) is 5.32 Å². The van der Waals surface area contributed by atoms with Gasteiger partial charge in [-0.25, -0.2) is 4.79 Å². The Hall–Kier alpha value is -1.23. The summed E-state index contributed by atoms with van der Waals surface area (Å²) in [5, 5.41) is 11.0. The van der Waals surface area contributed by atoms with Crippen molar-refractivity contribution in [2.45, 2.75) is 6.04 Å². The molecule has 1 amide bonds. The molecule has 1 unspecified atom stereocenters. The Bertz CT molecular complexity index is 380. The van der Waals surface area contributed by atoms with Gasteiger partial charge >= 0.3 is 6.09 Å². The van der Waals surface area contributed by atoms with Crippen molar-refractivity contribution in [3.8, 4) is 5.75 Å². The summed E-state index contributed by atoms with van der Waals surface area (Å²) in [6, 6.07) is 5.30. The second kappa shape index (κ2) is 3.49. The Labute approximate surface area is 89.0 Å². The fourth-order valence-electron chi connectivity index (χ4n) is 1.45. The number of carbonyl (C=O) groups is 1. The summed E-state index contributed by atoms with van der Waals surface area (Å²) in [5.74, 6) is 0.734. The van der Waals surface area contributed by atoms with Crippen LogP contribution in [0, 0.1) is 0 Å². The van der Waals surface area contributed by atoms with Crippen molar-refractivity contribution < 1.29 is 14.6 Å². The van der Waals surface area contributed by atoms with Crippen molar-refractivity contribution in [3.63, 3.8) is 0 Å². The third-order valence-electron chi connectivity index (χ3n) is 2.05. The Kier molecular flexibility index (Phi) is 2.33. The van der Waals surface area contributed by atoms with E-state index in [1.54, 1.807) is 0 Å². The molecule has 1 aliphatic heterocycles. The van der Waals surface area contributed by atoms with Gasteiger partial charge in [-0.2, -0.15) is 0 Å². The fourth-order valence-corrected chi connectivity index (χ4v) is 1.79. The molecule has 4 nitrogen and oxygen atoms in total. The fraction of sp³-hybridized carbons (Fsp3) is 0.222. The Balaban J connectivity index is 2.26. The number of benzene rings is 1.